The standard InChI is InChI=1S/C12H14N4O3/c17-11-7-2-1-3-16(9(7)5-15-11)10-6-13-8(4-14-10)12(18)19/h4,6-7,9H,1-3,5H2,(H,15,17)(H,18,19). The van der Waals surface area contributed by atoms with Crippen LogP contribution in [0.3, 0.4) is 0 Å². The Morgan fingerprint density at radius 2 is 2.26 bits per heavy atom. The molecule has 7 nitrogen and oxygen atoms in total. The van der Waals surface area contributed by atoms with Crippen LogP contribution in [0.15, 0.2) is 12.4 Å². The molecule has 7 heteroatoms. The number of carboxylic acid groups (broad SMARTS) is 1. The lowest BCUT2D eigenvalue weighted by Crippen LogP contribution is -2.46. The first-order valence-electron chi connectivity index (χ1n) is 6.26. The maximum atomic E-state index is 11.7. The first-order chi connectivity index (χ1) is 9.16. The van der Waals surface area contributed by atoms with Crippen molar-refractivity contribution in [2.75, 3.05) is 18.0 Å². The fourth-order valence-electron chi connectivity index (χ4n) is 2.82. The van der Waals surface area contributed by atoms with Crippen LogP contribution in [0.1, 0.15) is 23.3 Å². The van der Waals surface area contributed by atoms with Gasteiger partial charge in [0.25, 0.3) is 0 Å². The molecule has 3 rings (SSSR count). The second-order valence-corrected chi connectivity index (χ2v) is 4.82. The quantitative estimate of drug-likeness (QED) is 0.772. The van der Waals surface area contributed by atoms with Crippen LogP contribution in [-0.2, 0) is 4.79 Å². The summed E-state index contributed by atoms with van der Waals surface area (Å²) in [5, 5.41) is 11.7. The number of hydrogen-bond acceptors (Lipinski definition) is 5. The van der Waals surface area contributed by atoms with Gasteiger partial charge in [-0.2, -0.15) is 0 Å². The van der Waals surface area contributed by atoms with E-state index in [-0.39, 0.29) is 23.6 Å². The van der Waals surface area contributed by atoms with Crippen molar-refractivity contribution in [3.8, 4) is 0 Å². The molecule has 0 radical (unpaired) electrons. The van der Waals surface area contributed by atoms with Crippen LogP contribution in [0.5, 0.6) is 0 Å². The van der Waals surface area contributed by atoms with Gasteiger partial charge in [0.1, 0.15) is 5.82 Å². The van der Waals surface area contributed by atoms with Gasteiger partial charge in [-0.15, -0.1) is 0 Å². The number of aromatic nitrogens is 2. The zero-order chi connectivity index (χ0) is 13.4. The second-order valence-electron chi connectivity index (χ2n) is 4.82. The van der Waals surface area contributed by atoms with Crippen LogP contribution in [-0.4, -0.2) is 46.1 Å². The summed E-state index contributed by atoms with van der Waals surface area (Å²) in [6.07, 6.45) is 4.55. The van der Waals surface area contributed by atoms with Crippen LogP contribution in [0.2, 0.25) is 0 Å². The molecule has 2 aliphatic heterocycles. The van der Waals surface area contributed by atoms with Gasteiger partial charge >= 0.3 is 5.97 Å². The van der Waals surface area contributed by atoms with Crippen molar-refractivity contribution in [2.45, 2.75) is 18.9 Å². The smallest absolute Gasteiger partial charge is 0.356 e. The summed E-state index contributed by atoms with van der Waals surface area (Å²) in [6.45, 7) is 1.43. The van der Waals surface area contributed by atoms with Crippen molar-refractivity contribution < 1.29 is 14.7 Å². The van der Waals surface area contributed by atoms with Gasteiger partial charge < -0.3 is 15.3 Å². The molecule has 2 N–H and O–H groups in total. The molecule has 3 heterocycles. The highest BCUT2D eigenvalue weighted by Crippen LogP contribution is 2.30. The maximum absolute atomic E-state index is 11.7. The molecular weight excluding hydrogens is 248 g/mol. The summed E-state index contributed by atoms with van der Waals surface area (Å²) >= 11 is 0. The fraction of sp³-hybridized carbons (Fsp3) is 0.500. The van der Waals surface area contributed by atoms with Gasteiger partial charge in [0.05, 0.1) is 24.4 Å². The third kappa shape index (κ3) is 2.00. The summed E-state index contributed by atoms with van der Waals surface area (Å²) in [6, 6.07) is 0.103. The van der Waals surface area contributed by atoms with E-state index in [4.69, 9.17) is 5.11 Å². The number of nitrogens with zero attached hydrogens (tertiary/aromatic N) is 3. The molecule has 1 aromatic heterocycles. The van der Waals surface area contributed by atoms with E-state index in [2.05, 4.69) is 15.3 Å². The maximum Gasteiger partial charge on any atom is 0.356 e. The number of piperidine rings is 1. The summed E-state index contributed by atoms with van der Waals surface area (Å²) in [5.74, 6) is -0.344. The van der Waals surface area contributed by atoms with Crippen molar-refractivity contribution in [3.63, 3.8) is 0 Å². The minimum Gasteiger partial charge on any atom is -0.476 e. The lowest BCUT2D eigenvalue weighted by atomic mass is 9.91. The minimum atomic E-state index is -1.09. The zero-order valence-corrected chi connectivity index (χ0v) is 10.2. The second kappa shape index (κ2) is 4.49. The van der Waals surface area contributed by atoms with E-state index in [0.717, 1.165) is 19.4 Å². The molecule has 1 amide bonds. The molecule has 2 fully saturated rings. The molecule has 1 aromatic rings. The average molecular weight is 262 g/mol. The largest absolute Gasteiger partial charge is 0.476 e. The van der Waals surface area contributed by atoms with E-state index in [9.17, 15) is 9.59 Å². The number of aromatic carboxylic acids is 1. The number of hydrogen-bond donors (Lipinski definition) is 2. The van der Waals surface area contributed by atoms with Crippen LogP contribution < -0.4 is 10.2 Å². The Balaban J connectivity index is 1.85. The fourth-order valence-corrected chi connectivity index (χ4v) is 2.82. The highest BCUT2D eigenvalue weighted by molar-refractivity contribution is 5.85. The summed E-state index contributed by atoms with van der Waals surface area (Å²) < 4.78 is 0. The van der Waals surface area contributed by atoms with Gasteiger partial charge in [-0.1, -0.05) is 0 Å². The summed E-state index contributed by atoms with van der Waals surface area (Å²) in [4.78, 5) is 32.5. The summed E-state index contributed by atoms with van der Waals surface area (Å²) in [7, 11) is 0. The van der Waals surface area contributed by atoms with Gasteiger partial charge in [-0.25, -0.2) is 14.8 Å². The van der Waals surface area contributed by atoms with Crippen molar-refractivity contribution in [1.82, 2.24) is 15.3 Å². The average Bonchev–Trinajstić information content (AvgIpc) is 2.81. The molecule has 0 saturated carbocycles. The lowest BCUT2D eigenvalue weighted by Gasteiger charge is -2.36. The van der Waals surface area contributed by atoms with Crippen molar-refractivity contribution in [2.24, 2.45) is 5.92 Å². The van der Waals surface area contributed by atoms with Crippen molar-refractivity contribution in [1.29, 1.82) is 0 Å². The number of carbonyl (C=O) groups is 2. The zero-order valence-electron chi connectivity index (χ0n) is 10.2. The first kappa shape index (κ1) is 11.9. The van der Waals surface area contributed by atoms with Crippen LogP contribution >= 0.6 is 0 Å². The Morgan fingerprint density at radius 1 is 1.42 bits per heavy atom. The molecule has 19 heavy (non-hydrogen) atoms. The van der Waals surface area contributed by atoms with Gasteiger partial charge in [-0.3, -0.25) is 4.79 Å². The van der Waals surface area contributed by atoms with Gasteiger partial charge in [-0.05, 0) is 12.8 Å². The topological polar surface area (TPSA) is 95.4 Å². The summed E-state index contributed by atoms with van der Waals surface area (Å²) in [5.41, 5.74) is -0.0714. The molecule has 2 saturated heterocycles. The number of anilines is 1. The van der Waals surface area contributed by atoms with E-state index in [1.54, 1.807) is 0 Å². The minimum absolute atomic E-state index is 0.00898. The molecule has 2 atom stereocenters. The molecule has 2 aliphatic rings. The molecule has 0 spiro atoms. The number of carbonyl (C=O) groups excluding carboxylic acids is 1. The van der Waals surface area contributed by atoms with Gasteiger partial charge in [0, 0.05) is 13.1 Å². The Morgan fingerprint density at radius 3 is 2.95 bits per heavy atom. The van der Waals surface area contributed by atoms with Gasteiger partial charge in [0.15, 0.2) is 5.69 Å². The Labute approximate surface area is 109 Å². The number of carboxylic acids is 1. The Bertz CT molecular complexity index is 516. The molecule has 0 bridgehead atoms. The van der Waals surface area contributed by atoms with E-state index < -0.39 is 5.97 Å². The van der Waals surface area contributed by atoms with E-state index in [1.807, 2.05) is 4.90 Å². The molecule has 2 unspecified atom stereocenters. The first-order valence-corrected chi connectivity index (χ1v) is 6.26. The highest BCUT2D eigenvalue weighted by atomic mass is 16.4. The monoisotopic (exact) mass is 262 g/mol. The number of amides is 1. The van der Waals surface area contributed by atoms with E-state index in [0.29, 0.717) is 12.4 Å². The predicted molar refractivity (Wildman–Crippen MR) is 65.9 cm³/mol. The number of fused-ring (bicyclic) bond motifs is 1. The highest BCUT2D eigenvalue weighted by Gasteiger charge is 2.41. The van der Waals surface area contributed by atoms with E-state index in [1.165, 1.54) is 12.4 Å². The molecule has 0 aromatic carbocycles. The Kier molecular flexibility index (Phi) is 2.81. The Hall–Kier alpha value is -2.18. The predicted octanol–water partition coefficient (Wildman–Crippen LogP) is -0.110. The van der Waals surface area contributed by atoms with Crippen molar-refractivity contribution >= 4 is 17.7 Å². The normalized spacial score (nSPS) is 25.9. The third-order valence-corrected chi connectivity index (χ3v) is 3.75. The van der Waals surface area contributed by atoms with Crippen LogP contribution in [0, 0.1) is 5.92 Å². The van der Waals surface area contributed by atoms with Crippen LogP contribution in [0.25, 0.3) is 0 Å². The third-order valence-electron chi connectivity index (χ3n) is 3.75. The van der Waals surface area contributed by atoms with Crippen LogP contribution in [0.4, 0.5) is 5.82 Å². The number of rotatable bonds is 2. The van der Waals surface area contributed by atoms with Gasteiger partial charge in [0.2, 0.25) is 5.91 Å². The van der Waals surface area contributed by atoms with E-state index >= 15 is 0 Å². The number of nitrogens with one attached hydrogen (secondary N) is 1. The molecule has 100 valence electrons. The lowest BCUT2D eigenvalue weighted by molar-refractivity contribution is -0.123. The van der Waals surface area contributed by atoms with Crippen molar-refractivity contribution in [3.05, 3.63) is 18.1 Å². The molecule has 0 aliphatic carbocycles. The molecular formula is C12H14N4O3. The SMILES string of the molecule is O=C(O)c1cnc(N2CCCC3C(=O)NCC32)cn1.